The number of non-ortho nitro benzene ring substituents is 1. The van der Waals surface area contributed by atoms with E-state index in [4.69, 9.17) is 0 Å². The number of fused-ring (bicyclic) bond motifs is 1. The molecule has 3 rings (SSSR count). The molecule has 6 nitrogen and oxygen atoms in total. The van der Waals surface area contributed by atoms with Crippen LogP contribution >= 0.6 is 15.9 Å². The number of rotatable bonds is 5. The van der Waals surface area contributed by atoms with Crippen molar-refractivity contribution in [3.63, 3.8) is 0 Å². The molecule has 2 aromatic rings. The lowest BCUT2D eigenvalue weighted by Gasteiger charge is -2.24. The first-order valence-electron chi connectivity index (χ1n) is 7.97. The number of hydrogen-bond acceptors (Lipinski definition) is 4. The van der Waals surface area contributed by atoms with Crippen LogP contribution in [0.4, 0.5) is 11.4 Å². The van der Waals surface area contributed by atoms with Crippen LogP contribution in [0.5, 0.6) is 0 Å². The van der Waals surface area contributed by atoms with E-state index in [9.17, 15) is 14.9 Å². The van der Waals surface area contributed by atoms with Crippen LogP contribution in [-0.4, -0.2) is 29.3 Å². The average Bonchev–Trinajstić information content (AvgIpc) is 3.00. The second-order valence-electron chi connectivity index (χ2n) is 6.14. The summed E-state index contributed by atoms with van der Waals surface area (Å²) in [6.45, 7) is 0.252. The number of nitrogens with one attached hydrogen (secondary N) is 1. The molecule has 0 aliphatic heterocycles. The summed E-state index contributed by atoms with van der Waals surface area (Å²) in [5.41, 5.74) is 3.13. The fourth-order valence-corrected chi connectivity index (χ4v) is 3.70. The summed E-state index contributed by atoms with van der Waals surface area (Å²) in [7, 11) is 1.94. The van der Waals surface area contributed by atoms with Crippen LogP contribution in [0.2, 0.25) is 0 Å². The minimum absolute atomic E-state index is 0.0236. The van der Waals surface area contributed by atoms with Gasteiger partial charge in [0.2, 0.25) is 5.91 Å². The van der Waals surface area contributed by atoms with Crippen molar-refractivity contribution < 1.29 is 9.72 Å². The first-order valence-corrected chi connectivity index (χ1v) is 8.77. The molecule has 0 saturated heterocycles. The number of benzene rings is 2. The van der Waals surface area contributed by atoms with E-state index in [1.807, 2.05) is 24.1 Å². The van der Waals surface area contributed by atoms with Gasteiger partial charge in [0.1, 0.15) is 0 Å². The van der Waals surface area contributed by atoms with Crippen molar-refractivity contribution in [1.29, 1.82) is 0 Å². The van der Waals surface area contributed by atoms with Crippen LogP contribution in [0.1, 0.15) is 23.6 Å². The van der Waals surface area contributed by atoms with Crippen LogP contribution in [0.15, 0.2) is 46.9 Å². The summed E-state index contributed by atoms with van der Waals surface area (Å²) in [5, 5.41) is 13.6. The van der Waals surface area contributed by atoms with Gasteiger partial charge in [-0.3, -0.25) is 19.8 Å². The maximum Gasteiger partial charge on any atom is 0.270 e. The number of anilines is 1. The molecule has 7 heteroatoms. The largest absolute Gasteiger partial charge is 0.324 e. The van der Waals surface area contributed by atoms with Gasteiger partial charge in [-0.05, 0) is 53.0 Å². The predicted molar refractivity (Wildman–Crippen MR) is 99.6 cm³/mol. The molecule has 0 fully saturated rings. The lowest BCUT2D eigenvalue weighted by molar-refractivity contribution is -0.384. The molecule has 25 heavy (non-hydrogen) atoms. The van der Waals surface area contributed by atoms with E-state index in [1.165, 1.54) is 29.3 Å². The Bertz CT molecular complexity index is 825. The summed E-state index contributed by atoms with van der Waals surface area (Å²) >= 11 is 3.27. The molecule has 0 heterocycles. The molecule has 1 N–H and O–H groups in total. The van der Waals surface area contributed by atoms with E-state index < -0.39 is 4.92 Å². The van der Waals surface area contributed by atoms with E-state index in [2.05, 4.69) is 33.4 Å². The summed E-state index contributed by atoms with van der Waals surface area (Å²) in [5.74, 6) is -0.151. The highest BCUT2D eigenvalue weighted by Gasteiger charge is 2.26. The van der Waals surface area contributed by atoms with Crippen molar-refractivity contribution in [2.24, 2.45) is 0 Å². The number of likely N-dealkylation sites (N-methyl/N-ethyl adjacent to an activating group) is 1. The van der Waals surface area contributed by atoms with Gasteiger partial charge >= 0.3 is 0 Å². The standard InChI is InChI=1S/C18H18BrN3O3/c1-21(17-9-6-12-4-2-3-5-14(12)17)11-18(23)20-16-8-7-13(22(24)25)10-15(16)19/h2-5,7-8,10,17H,6,9,11H2,1H3,(H,20,23)/t17-/m0/s1. The molecule has 0 aromatic heterocycles. The minimum Gasteiger partial charge on any atom is -0.324 e. The second-order valence-corrected chi connectivity index (χ2v) is 6.99. The van der Waals surface area contributed by atoms with Gasteiger partial charge in [0.25, 0.3) is 5.69 Å². The highest BCUT2D eigenvalue weighted by atomic mass is 79.9. The summed E-state index contributed by atoms with van der Waals surface area (Å²) in [4.78, 5) is 24.7. The molecule has 1 atom stereocenters. The van der Waals surface area contributed by atoms with Gasteiger partial charge in [-0.2, -0.15) is 0 Å². The van der Waals surface area contributed by atoms with Crippen LogP contribution in [-0.2, 0) is 11.2 Å². The summed E-state index contributed by atoms with van der Waals surface area (Å²) in [6, 6.07) is 12.8. The van der Waals surface area contributed by atoms with Crippen LogP contribution in [0.25, 0.3) is 0 Å². The van der Waals surface area contributed by atoms with E-state index in [0.717, 1.165) is 12.8 Å². The zero-order chi connectivity index (χ0) is 18.0. The van der Waals surface area contributed by atoms with Gasteiger partial charge in [0.05, 0.1) is 17.2 Å². The number of aryl methyl sites for hydroxylation is 1. The third kappa shape index (κ3) is 3.88. The minimum atomic E-state index is -0.471. The molecule has 0 unspecified atom stereocenters. The van der Waals surface area contributed by atoms with Crippen LogP contribution < -0.4 is 5.32 Å². The Morgan fingerprint density at radius 3 is 2.84 bits per heavy atom. The van der Waals surface area contributed by atoms with E-state index in [0.29, 0.717) is 10.2 Å². The Balaban J connectivity index is 1.64. The Morgan fingerprint density at radius 2 is 2.12 bits per heavy atom. The van der Waals surface area contributed by atoms with Crippen molar-refractivity contribution >= 4 is 33.2 Å². The first kappa shape index (κ1) is 17.6. The fraction of sp³-hybridized carbons (Fsp3) is 0.278. The molecule has 1 aliphatic carbocycles. The van der Waals surface area contributed by atoms with Gasteiger partial charge in [0, 0.05) is 22.6 Å². The summed E-state index contributed by atoms with van der Waals surface area (Å²) in [6.07, 6.45) is 2.03. The number of carbonyl (C=O) groups is 1. The topological polar surface area (TPSA) is 75.5 Å². The highest BCUT2D eigenvalue weighted by molar-refractivity contribution is 9.10. The number of hydrogen-bond donors (Lipinski definition) is 1. The third-order valence-electron chi connectivity index (χ3n) is 4.46. The van der Waals surface area contributed by atoms with Gasteiger partial charge in [0.15, 0.2) is 0 Å². The Labute approximate surface area is 154 Å². The molecular weight excluding hydrogens is 386 g/mol. The monoisotopic (exact) mass is 403 g/mol. The average molecular weight is 404 g/mol. The van der Waals surface area contributed by atoms with Crippen molar-refractivity contribution in [1.82, 2.24) is 4.90 Å². The quantitative estimate of drug-likeness (QED) is 0.606. The molecule has 1 aliphatic rings. The fourth-order valence-electron chi connectivity index (χ4n) is 3.24. The molecule has 0 spiro atoms. The lowest BCUT2D eigenvalue weighted by atomic mass is 10.1. The van der Waals surface area contributed by atoms with E-state index in [1.54, 1.807) is 0 Å². The number of nitro benzene ring substituents is 1. The number of carbonyl (C=O) groups excluding carboxylic acids is 1. The molecular formula is C18H18BrN3O3. The maximum atomic E-state index is 12.4. The number of nitrogens with zero attached hydrogens (tertiary/aromatic N) is 2. The zero-order valence-electron chi connectivity index (χ0n) is 13.7. The number of amides is 1. The molecule has 0 bridgehead atoms. The van der Waals surface area contributed by atoms with Crippen molar-refractivity contribution in [3.05, 3.63) is 68.2 Å². The molecule has 130 valence electrons. The Morgan fingerprint density at radius 1 is 1.36 bits per heavy atom. The predicted octanol–water partition coefficient (Wildman–Crippen LogP) is 3.92. The SMILES string of the molecule is CN(CC(=O)Nc1ccc([N+](=O)[O-])cc1Br)[C@H]1CCc2ccccc21. The molecule has 2 aromatic carbocycles. The first-order chi connectivity index (χ1) is 12.0. The molecule has 1 amide bonds. The van der Waals surface area contributed by atoms with Crippen molar-refractivity contribution in [2.75, 3.05) is 18.9 Å². The van der Waals surface area contributed by atoms with E-state index >= 15 is 0 Å². The third-order valence-corrected chi connectivity index (χ3v) is 5.12. The van der Waals surface area contributed by atoms with Crippen LogP contribution in [0.3, 0.4) is 0 Å². The maximum absolute atomic E-state index is 12.4. The summed E-state index contributed by atoms with van der Waals surface area (Å²) < 4.78 is 0.490. The van der Waals surface area contributed by atoms with Crippen molar-refractivity contribution in [2.45, 2.75) is 18.9 Å². The zero-order valence-corrected chi connectivity index (χ0v) is 15.3. The smallest absolute Gasteiger partial charge is 0.270 e. The Kier molecular flexibility index (Phi) is 5.15. The number of halogens is 1. The van der Waals surface area contributed by atoms with Gasteiger partial charge in [-0.1, -0.05) is 24.3 Å². The molecule has 0 radical (unpaired) electrons. The van der Waals surface area contributed by atoms with Crippen molar-refractivity contribution in [3.8, 4) is 0 Å². The molecule has 0 saturated carbocycles. The normalized spacial score (nSPS) is 15.9. The van der Waals surface area contributed by atoms with Gasteiger partial charge < -0.3 is 5.32 Å². The second kappa shape index (κ2) is 7.33. The highest BCUT2D eigenvalue weighted by Crippen LogP contribution is 2.34. The van der Waals surface area contributed by atoms with Gasteiger partial charge in [-0.25, -0.2) is 0 Å². The Hall–Kier alpha value is -2.25. The van der Waals surface area contributed by atoms with E-state index in [-0.39, 0.29) is 24.2 Å². The van der Waals surface area contributed by atoms with Crippen LogP contribution in [0, 0.1) is 10.1 Å². The lowest BCUT2D eigenvalue weighted by Crippen LogP contribution is -2.32. The number of nitro groups is 1. The van der Waals surface area contributed by atoms with Gasteiger partial charge in [-0.15, -0.1) is 0 Å².